The number of alkyl halides is 3. The Balaban J connectivity index is 1.74. The van der Waals surface area contributed by atoms with Gasteiger partial charge in [0.2, 0.25) is 16.0 Å². The molecule has 1 aromatic heterocycles. The molecule has 2 fully saturated rings. The average Bonchev–Trinajstić information content (AvgIpc) is 3.27. The molecule has 1 aromatic rings. The number of hydrogen-bond acceptors (Lipinski definition) is 5. The molecule has 0 radical (unpaired) electrons. The van der Waals surface area contributed by atoms with Crippen LogP contribution in [-0.4, -0.2) is 47.7 Å². The third-order valence-electron chi connectivity index (χ3n) is 4.81. The van der Waals surface area contributed by atoms with Crippen LogP contribution in [0.3, 0.4) is 0 Å². The van der Waals surface area contributed by atoms with Crippen LogP contribution in [-0.2, 0) is 10.0 Å². The molecule has 134 valence electrons. The fourth-order valence-electron chi connectivity index (χ4n) is 3.15. The molecular weight excluding hydrogens is 345 g/mol. The molecule has 0 spiro atoms. The zero-order valence-electron chi connectivity index (χ0n) is 13.0. The van der Waals surface area contributed by atoms with Crippen LogP contribution in [0.1, 0.15) is 37.3 Å². The molecule has 24 heavy (non-hydrogen) atoms. The zero-order chi connectivity index (χ0) is 17.6. The smallest absolute Gasteiger partial charge is 0.368 e. The predicted molar refractivity (Wildman–Crippen MR) is 81.5 cm³/mol. The highest BCUT2D eigenvalue weighted by Crippen LogP contribution is 2.58. The number of piperidine rings is 1. The molecule has 0 bridgehead atoms. The Morgan fingerprint density at radius 2 is 2.08 bits per heavy atom. The minimum absolute atomic E-state index is 0.0986. The van der Waals surface area contributed by atoms with Crippen LogP contribution < -0.4 is 5.73 Å². The lowest BCUT2D eigenvalue weighted by Crippen LogP contribution is -2.44. The Morgan fingerprint density at radius 1 is 1.38 bits per heavy atom. The van der Waals surface area contributed by atoms with Gasteiger partial charge in [0.25, 0.3) is 0 Å². The van der Waals surface area contributed by atoms with Crippen molar-refractivity contribution in [3.05, 3.63) is 18.0 Å². The number of nitrogens with zero attached hydrogens (tertiary/aromatic N) is 3. The van der Waals surface area contributed by atoms with Crippen molar-refractivity contribution < 1.29 is 21.6 Å². The molecule has 1 aliphatic heterocycles. The van der Waals surface area contributed by atoms with Crippen LogP contribution in [0.25, 0.3) is 0 Å². The van der Waals surface area contributed by atoms with Crippen molar-refractivity contribution >= 4 is 16.0 Å². The lowest BCUT2D eigenvalue weighted by Gasteiger charge is -2.33. The van der Waals surface area contributed by atoms with E-state index in [9.17, 15) is 21.6 Å². The fraction of sp³-hybridized carbons (Fsp3) is 0.714. The highest BCUT2D eigenvalue weighted by Gasteiger charge is 2.65. The van der Waals surface area contributed by atoms with Gasteiger partial charge in [-0.15, -0.1) is 0 Å². The van der Waals surface area contributed by atoms with E-state index in [0.717, 1.165) is 0 Å². The van der Waals surface area contributed by atoms with Crippen LogP contribution >= 0.6 is 0 Å². The van der Waals surface area contributed by atoms with Crippen LogP contribution in [0.5, 0.6) is 0 Å². The summed E-state index contributed by atoms with van der Waals surface area (Å²) >= 11 is 0. The number of anilines is 1. The highest BCUT2D eigenvalue weighted by molar-refractivity contribution is 7.89. The molecule has 10 heteroatoms. The number of aromatic nitrogens is 2. The standard InChI is InChI=1S/C14H19F3N4O2S/c15-14(16,17)13(4-5-13)9-24(22,23)21-7-1-2-10(8-21)11-3-6-19-12(18)20-11/h3,6,10H,1-2,4-5,7-9H2,(H2,18,19,20). The van der Waals surface area contributed by atoms with Crippen LogP contribution in [0.2, 0.25) is 0 Å². The summed E-state index contributed by atoms with van der Waals surface area (Å²) in [6.07, 6.45) is -1.92. The van der Waals surface area contributed by atoms with Gasteiger partial charge in [0.15, 0.2) is 0 Å². The molecule has 3 rings (SSSR count). The molecule has 2 aliphatic rings. The molecular formula is C14H19F3N4O2S. The molecule has 0 aromatic carbocycles. The minimum atomic E-state index is -4.48. The number of hydrogen-bond donors (Lipinski definition) is 1. The van der Waals surface area contributed by atoms with Crippen molar-refractivity contribution in [2.24, 2.45) is 5.41 Å². The van der Waals surface area contributed by atoms with Crippen molar-refractivity contribution in [3.8, 4) is 0 Å². The highest BCUT2D eigenvalue weighted by atomic mass is 32.2. The van der Waals surface area contributed by atoms with E-state index in [1.54, 1.807) is 6.07 Å². The van der Waals surface area contributed by atoms with Crippen molar-refractivity contribution in [2.45, 2.75) is 37.8 Å². The summed E-state index contributed by atoms with van der Waals surface area (Å²) < 4.78 is 65.4. The van der Waals surface area contributed by atoms with E-state index in [0.29, 0.717) is 18.5 Å². The van der Waals surface area contributed by atoms with E-state index in [1.165, 1.54) is 10.5 Å². The summed E-state index contributed by atoms with van der Waals surface area (Å²) in [6, 6.07) is 1.66. The zero-order valence-corrected chi connectivity index (χ0v) is 13.8. The molecule has 2 heterocycles. The Kier molecular flexibility index (Phi) is 4.23. The van der Waals surface area contributed by atoms with E-state index in [-0.39, 0.29) is 37.8 Å². The SMILES string of the molecule is Nc1nccc(C2CCCN(S(=O)(=O)CC3(C(F)(F)F)CC3)C2)n1. The van der Waals surface area contributed by atoms with Gasteiger partial charge in [-0.3, -0.25) is 0 Å². The van der Waals surface area contributed by atoms with E-state index in [4.69, 9.17) is 5.73 Å². The Labute approximate surface area is 138 Å². The molecule has 1 atom stereocenters. The van der Waals surface area contributed by atoms with E-state index >= 15 is 0 Å². The summed E-state index contributed by atoms with van der Waals surface area (Å²) in [5, 5.41) is 0. The Bertz CT molecular complexity index is 719. The third kappa shape index (κ3) is 3.34. The Morgan fingerprint density at radius 3 is 2.67 bits per heavy atom. The number of sulfonamides is 1. The molecule has 1 aliphatic carbocycles. The summed E-state index contributed by atoms with van der Waals surface area (Å²) in [6.45, 7) is 0.375. The first-order valence-corrected chi connectivity index (χ1v) is 9.37. The molecule has 0 amide bonds. The van der Waals surface area contributed by atoms with Crippen LogP contribution in [0.4, 0.5) is 19.1 Å². The molecule has 1 saturated carbocycles. The molecule has 1 unspecified atom stereocenters. The Hall–Kier alpha value is -1.42. The number of nitrogens with two attached hydrogens (primary N) is 1. The van der Waals surface area contributed by atoms with Gasteiger partial charge < -0.3 is 5.73 Å². The van der Waals surface area contributed by atoms with Crippen molar-refractivity contribution in [2.75, 3.05) is 24.6 Å². The topological polar surface area (TPSA) is 89.2 Å². The third-order valence-corrected chi connectivity index (χ3v) is 6.84. The second-order valence-electron chi connectivity index (χ2n) is 6.57. The predicted octanol–water partition coefficient (Wildman–Crippen LogP) is 1.91. The fourth-order valence-corrected chi connectivity index (χ4v) is 5.30. The second kappa shape index (κ2) is 5.83. The largest absolute Gasteiger partial charge is 0.395 e. The average molecular weight is 364 g/mol. The van der Waals surface area contributed by atoms with Gasteiger partial charge >= 0.3 is 6.18 Å². The minimum Gasteiger partial charge on any atom is -0.368 e. The van der Waals surface area contributed by atoms with Crippen molar-refractivity contribution in [3.63, 3.8) is 0 Å². The summed E-state index contributed by atoms with van der Waals surface area (Å²) in [7, 11) is -3.97. The number of nitrogen functional groups attached to an aromatic ring is 1. The first-order chi connectivity index (χ1) is 11.1. The summed E-state index contributed by atoms with van der Waals surface area (Å²) in [5.74, 6) is -0.941. The van der Waals surface area contributed by atoms with Gasteiger partial charge in [-0.05, 0) is 31.7 Å². The first-order valence-electron chi connectivity index (χ1n) is 7.76. The number of halogens is 3. The van der Waals surface area contributed by atoms with Crippen LogP contribution in [0, 0.1) is 5.41 Å². The quantitative estimate of drug-likeness (QED) is 0.882. The molecule has 1 saturated heterocycles. The number of rotatable bonds is 4. The van der Waals surface area contributed by atoms with E-state index in [2.05, 4.69) is 9.97 Å². The summed E-state index contributed by atoms with van der Waals surface area (Å²) in [4.78, 5) is 7.90. The van der Waals surface area contributed by atoms with Gasteiger partial charge in [0, 0.05) is 25.2 Å². The molecule has 2 N–H and O–H groups in total. The van der Waals surface area contributed by atoms with Gasteiger partial charge in [-0.2, -0.15) is 13.2 Å². The maximum Gasteiger partial charge on any atom is 0.395 e. The van der Waals surface area contributed by atoms with Crippen LogP contribution in [0.15, 0.2) is 12.3 Å². The van der Waals surface area contributed by atoms with Gasteiger partial charge in [0.1, 0.15) is 0 Å². The lowest BCUT2D eigenvalue weighted by molar-refractivity contribution is -0.180. The van der Waals surface area contributed by atoms with Gasteiger partial charge in [-0.25, -0.2) is 22.7 Å². The maximum absolute atomic E-state index is 13.1. The maximum atomic E-state index is 13.1. The first kappa shape index (κ1) is 17.4. The van der Waals surface area contributed by atoms with Gasteiger partial charge in [0.05, 0.1) is 16.9 Å². The summed E-state index contributed by atoms with van der Waals surface area (Å²) in [5.41, 5.74) is 4.11. The van der Waals surface area contributed by atoms with E-state index < -0.39 is 27.4 Å². The van der Waals surface area contributed by atoms with Gasteiger partial charge in [-0.1, -0.05) is 0 Å². The lowest BCUT2D eigenvalue weighted by atomic mass is 9.96. The second-order valence-corrected chi connectivity index (χ2v) is 8.54. The normalized spacial score (nSPS) is 24.7. The van der Waals surface area contributed by atoms with E-state index in [1.807, 2.05) is 0 Å². The monoisotopic (exact) mass is 364 g/mol. The molecule has 6 nitrogen and oxygen atoms in total. The van der Waals surface area contributed by atoms with Crippen molar-refractivity contribution in [1.29, 1.82) is 0 Å². The van der Waals surface area contributed by atoms with Crippen molar-refractivity contribution in [1.82, 2.24) is 14.3 Å².